The van der Waals surface area contributed by atoms with Gasteiger partial charge in [-0.3, -0.25) is 9.59 Å². The van der Waals surface area contributed by atoms with Crippen molar-refractivity contribution in [2.45, 2.75) is 0 Å². The minimum atomic E-state index is -0.231. The third kappa shape index (κ3) is 5.95. The molecule has 0 spiro atoms. The molecule has 0 radical (unpaired) electrons. The predicted molar refractivity (Wildman–Crippen MR) is 174 cm³/mol. The van der Waals surface area contributed by atoms with Gasteiger partial charge in [0, 0.05) is 43.9 Å². The standard InChI is InChI=1S/C34H24Br2N4O2/c35-23-9-5-7-21(17-23)31-19-27(25-11-1-3-13-29(25)39-31)33(41)37-15-16-38-34(42)28-20-32(22-8-6-10-24(36)18-22)40-30-14-4-2-12-26(28)30/h1-14,17-20H,15-16H2,(H,37,41)(H,38,42). The highest BCUT2D eigenvalue weighted by molar-refractivity contribution is 9.10. The fourth-order valence-corrected chi connectivity index (χ4v) is 5.66. The minimum Gasteiger partial charge on any atom is -0.350 e. The van der Waals surface area contributed by atoms with Crippen LogP contribution >= 0.6 is 31.9 Å². The fraction of sp³-hybridized carbons (Fsp3) is 0.0588. The zero-order chi connectivity index (χ0) is 29.1. The summed E-state index contributed by atoms with van der Waals surface area (Å²) < 4.78 is 1.87. The molecule has 2 aromatic heterocycles. The van der Waals surface area contributed by atoms with Crippen molar-refractivity contribution in [2.75, 3.05) is 13.1 Å². The van der Waals surface area contributed by atoms with Crippen molar-refractivity contribution in [3.63, 3.8) is 0 Å². The van der Waals surface area contributed by atoms with Gasteiger partial charge in [-0.1, -0.05) is 92.5 Å². The Kier molecular flexibility index (Phi) is 8.08. The summed E-state index contributed by atoms with van der Waals surface area (Å²) >= 11 is 7.02. The molecule has 206 valence electrons. The third-order valence-corrected chi connectivity index (χ3v) is 7.84. The Bertz CT molecular complexity index is 1830. The lowest BCUT2D eigenvalue weighted by Gasteiger charge is -2.13. The number of nitrogens with one attached hydrogen (secondary N) is 2. The van der Waals surface area contributed by atoms with Crippen LogP contribution in [0.25, 0.3) is 44.3 Å². The van der Waals surface area contributed by atoms with Crippen molar-refractivity contribution in [3.05, 3.63) is 129 Å². The van der Waals surface area contributed by atoms with E-state index in [0.29, 0.717) is 22.5 Å². The third-order valence-electron chi connectivity index (χ3n) is 6.86. The first-order valence-corrected chi connectivity index (χ1v) is 14.9. The Labute approximate surface area is 259 Å². The average Bonchev–Trinajstić information content (AvgIpc) is 3.01. The van der Waals surface area contributed by atoms with Gasteiger partial charge < -0.3 is 10.6 Å². The summed E-state index contributed by atoms with van der Waals surface area (Å²) in [6.07, 6.45) is 0. The summed E-state index contributed by atoms with van der Waals surface area (Å²) in [5, 5.41) is 7.45. The van der Waals surface area contributed by atoms with Gasteiger partial charge in [0.2, 0.25) is 0 Å². The normalized spacial score (nSPS) is 11.0. The van der Waals surface area contributed by atoms with Crippen molar-refractivity contribution < 1.29 is 9.59 Å². The van der Waals surface area contributed by atoms with E-state index < -0.39 is 0 Å². The van der Waals surface area contributed by atoms with Crippen LogP contribution in [0.4, 0.5) is 0 Å². The Morgan fingerprint density at radius 2 is 0.976 bits per heavy atom. The van der Waals surface area contributed by atoms with Gasteiger partial charge in [-0.05, 0) is 48.5 Å². The van der Waals surface area contributed by atoms with Crippen LogP contribution in [0.3, 0.4) is 0 Å². The smallest absolute Gasteiger partial charge is 0.252 e. The topological polar surface area (TPSA) is 84.0 Å². The van der Waals surface area contributed by atoms with Crippen LogP contribution in [0.5, 0.6) is 0 Å². The Morgan fingerprint density at radius 1 is 0.548 bits per heavy atom. The molecule has 0 aliphatic carbocycles. The second-order valence-corrected chi connectivity index (χ2v) is 11.5. The number of carbonyl (C=O) groups is 2. The summed E-state index contributed by atoms with van der Waals surface area (Å²) in [7, 11) is 0. The SMILES string of the molecule is O=C(NCCNC(=O)c1cc(-c2cccc(Br)c2)nc2ccccc12)c1cc(-c2cccc(Br)c2)nc2ccccc12. The molecule has 0 saturated carbocycles. The van der Waals surface area contributed by atoms with Gasteiger partial charge in [0.15, 0.2) is 0 Å². The van der Waals surface area contributed by atoms with Gasteiger partial charge in [-0.25, -0.2) is 9.97 Å². The van der Waals surface area contributed by atoms with Crippen molar-refractivity contribution >= 4 is 65.5 Å². The quantitative estimate of drug-likeness (QED) is 0.169. The number of hydrogen-bond acceptors (Lipinski definition) is 4. The van der Waals surface area contributed by atoms with E-state index in [2.05, 4.69) is 42.5 Å². The largest absolute Gasteiger partial charge is 0.350 e. The van der Waals surface area contributed by atoms with E-state index in [4.69, 9.17) is 9.97 Å². The fourth-order valence-electron chi connectivity index (χ4n) is 4.86. The molecule has 0 aliphatic rings. The molecule has 0 aliphatic heterocycles. The first-order valence-electron chi connectivity index (χ1n) is 13.3. The number of halogens is 2. The highest BCUT2D eigenvalue weighted by atomic mass is 79.9. The highest BCUT2D eigenvalue weighted by Gasteiger charge is 2.16. The maximum atomic E-state index is 13.4. The van der Waals surface area contributed by atoms with Crippen LogP contribution in [0.15, 0.2) is 118 Å². The molecular formula is C34H24Br2N4O2. The summed E-state index contributed by atoms with van der Waals surface area (Å²) in [5.41, 5.74) is 5.75. The van der Waals surface area contributed by atoms with Gasteiger partial charge in [0.05, 0.1) is 33.5 Å². The van der Waals surface area contributed by atoms with E-state index in [1.54, 1.807) is 0 Å². The second-order valence-electron chi connectivity index (χ2n) is 9.68. The summed E-state index contributed by atoms with van der Waals surface area (Å²) in [5.74, 6) is -0.462. The zero-order valence-corrected chi connectivity index (χ0v) is 25.4. The number of pyridine rings is 2. The lowest BCUT2D eigenvalue weighted by Crippen LogP contribution is -2.35. The molecular weight excluding hydrogens is 656 g/mol. The molecule has 42 heavy (non-hydrogen) atoms. The van der Waals surface area contributed by atoms with Crippen LogP contribution < -0.4 is 10.6 Å². The number of hydrogen-bond donors (Lipinski definition) is 2. The van der Waals surface area contributed by atoms with Crippen LogP contribution in [-0.4, -0.2) is 34.9 Å². The summed E-state index contributed by atoms with van der Waals surface area (Å²) in [4.78, 5) is 36.3. The van der Waals surface area contributed by atoms with E-state index in [9.17, 15) is 9.59 Å². The van der Waals surface area contributed by atoms with Crippen molar-refractivity contribution in [1.29, 1.82) is 0 Å². The molecule has 2 heterocycles. The van der Waals surface area contributed by atoms with Crippen LogP contribution in [0.2, 0.25) is 0 Å². The number of amides is 2. The second kappa shape index (κ2) is 12.2. The van der Waals surface area contributed by atoms with Crippen LogP contribution in [0, 0.1) is 0 Å². The van der Waals surface area contributed by atoms with Crippen LogP contribution in [0.1, 0.15) is 20.7 Å². The van der Waals surface area contributed by atoms with Crippen molar-refractivity contribution in [3.8, 4) is 22.5 Å². The first-order chi connectivity index (χ1) is 20.5. The maximum Gasteiger partial charge on any atom is 0.252 e. The summed E-state index contributed by atoms with van der Waals surface area (Å²) in [6.45, 7) is 0.518. The Morgan fingerprint density at radius 3 is 1.40 bits per heavy atom. The average molecular weight is 680 g/mol. The number of carbonyl (C=O) groups excluding carboxylic acids is 2. The van der Waals surface area contributed by atoms with E-state index in [1.165, 1.54) is 0 Å². The number of benzene rings is 4. The van der Waals surface area contributed by atoms with Gasteiger partial charge in [-0.15, -0.1) is 0 Å². The molecule has 0 atom stereocenters. The Balaban J connectivity index is 1.19. The molecule has 0 saturated heterocycles. The molecule has 2 N–H and O–H groups in total. The van der Waals surface area contributed by atoms with Crippen LogP contribution in [-0.2, 0) is 0 Å². The lowest BCUT2D eigenvalue weighted by molar-refractivity contribution is 0.0929. The minimum absolute atomic E-state index is 0.231. The number of aromatic nitrogens is 2. The maximum absolute atomic E-state index is 13.4. The van der Waals surface area contributed by atoms with Crippen molar-refractivity contribution in [2.24, 2.45) is 0 Å². The van der Waals surface area contributed by atoms with Gasteiger partial charge in [0.25, 0.3) is 11.8 Å². The predicted octanol–water partition coefficient (Wildman–Crippen LogP) is 7.80. The number of rotatable bonds is 7. The van der Waals surface area contributed by atoms with E-state index >= 15 is 0 Å². The van der Waals surface area contributed by atoms with Crippen molar-refractivity contribution in [1.82, 2.24) is 20.6 Å². The number of para-hydroxylation sites is 2. The first kappa shape index (κ1) is 27.8. The van der Waals surface area contributed by atoms with E-state index in [0.717, 1.165) is 41.9 Å². The van der Waals surface area contributed by atoms with Gasteiger partial charge in [0.1, 0.15) is 0 Å². The molecule has 2 amide bonds. The molecule has 0 unspecified atom stereocenters. The molecule has 4 aromatic carbocycles. The Hall–Kier alpha value is -4.40. The lowest BCUT2D eigenvalue weighted by atomic mass is 10.0. The zero-order valence-electron chi connectivity index (χ0n) is 22.3. The molecule has 6 nitrogen and oxygen atoms in total. The monoisotopic (exact) mass is 678 g/mol. The molecule has 0 fully saturated rings. The van der Waals surface area contributed by atoms with E-state index in [1.807, 2.05) is 109 Å². The number of fused-ring (bicyclic) bond motifs is 2. The van der Waals surface area contributed by atoms with Gasteiger partial charge in [-0.2, -0.15) is 0 Å². The number of nitrogens with zero attached hydrogens (tertiary/aromatic N) is 2. The molecule has 8 heteroatoms. The van der Waals surface area contributed by atoms with E-state index in [-0.39, 0.29) is 24.9 Å². The molecule has 0 bridgehead atoms. The van der Waals surface area contributed by atoms with Gasteiger partial charge >= 0.3 is 0 Å². The molecule has 6 aromatic rings. The summed E-state index contributed by atoms with van der Waals surface area (Å²) in [6, 6.07) is 34.4. The molecule has 6 rings (SSSR count). The highest BCUT2D eigenvalue weighted by Crippen LogP contribution is 2.28.